The molecule has 0 radical (unpaired) electrons. The number of hydrogen-bond acceptors (Lipinski definition) is 3. The van der Waals surface area contributed by atoms with Crippen molar-refractivity contribution in [2.24, 2.45) is 0 Å². The minimum Gasteiger partial charge on any atom is -0.346 e. The number of nitrogens with zero attached hydrogens (tertiary/aromatic N) is 4. The Hall–Kier alpha value is -2.11. The molecule has 1 fully saturated rings. The molecule has 1 amide bonds. The van der Waals surface area contributed by atoms with Crippen LogP contribution in [-0.2, 0) is 11.3 Å². The molecule has 6 heteroatoms. The van der Waals surface area contributed by atoms with E-state index in [1.807, 2.05) is 28.8 Å². The molecule has 106 valence electrons. The van der Waals surface area contributed by atoms with E-state index in [0.717, 1.165) is 31.0 Å². The Bertz CT molecular complexity index is 574. The molecule has 0 spiro atoms. The molecule has 0 bridgehead atoms. The lowest BCUT2D eigenvalue weighted by atomic mass is 10.1. The van der Waals surface area contributed by atoms with E-state index in [9.17, 15) is 4.79 Å². The van der Waals surface area contributed by atoms with Crippen LogP contribution in [0.5, 0.6) is 0 Å². The Morgan fingerprint density at radius 1 is 1.55 bits per heavy atom. The van der Waals surface area contributed by atoms with E-state index in [1.165, 1.54) is 0 Å². The average molecular weight is 273 g/mol. The first-order valence-corrected chi connectivity index (χ1v) is 6.97. The second kappa shape index (κ2) is 5.48. The Kier molecular flexibility index (Phi) is 3.54. The first-order chi connectivity index (χ1) is 9.72. The monoisotopic (exact) mass is 273 g/mol. The topological polar surface area (TPSA) is 66.8 Å². The fourth-order valence-electron chi connectivity index (χ4n) is 2.65. The summed E-state index contributed by atoms with van der Waals surface area (Å²) in [6, 6.07) is 0. The number of carbonyl (C=O) groups is 1. The van der Waals surface area contributed by atoms with Crippen LogP contribution < -0.4 is 0 Å². The van der Waals surface area contributed by atoms with Crippen LogP contribution in [-0.4, -0.2) is 43.4 Å². The lowest BCUT2D eigenvalue weighted by Crippen LogP contribution is -2.29. The van der Waals surface area contributed by atoms with Crippen molar-refractivity contribution in [3.63, 3.8) is 0 Å². The molecule has 1 N–H and O–H groups in total. The molecule has 1 aliphatic heterocycles. The predicted octanol–water partition coefficient (Wildman–Crippen LogP) is 1.32. The largest absolute Gasteiger partial charge is 0.346 e. The van der Waals surface area contributed by atoms with Crippen molar-refractivity contribution in [2.45, 2.75) is 32.2 Å². The zero-order chi connectivity index (χ0) is 13.9. The van der Waals surface area contributed by atoms with E-state index in [-0.39, 0.29) is 5.91 Å². The van der Waals surface area contributed by atoms with Gasteiger partial charge < -0.3 is 14.5 Å². The van der Waals surface area contributed by atoms with Gasteiger partial charge in [0.2, 0.25) is 5.91 Å². The number of aromatic amines is 1. The standard InChI is InChI=1S/C14H19N5O/c1-11-8-16-14(17-11)12-2-6-19(9-12)13(20)3-5-18-7-4-15-10-18/h4,7-8,10,12H,2-3,5-6,9H2,1H3,(H,16,17)/t12-/m1/s1. The second-order valence-corrected chi connectivity index (χ2v) is 5.33. The molecule has 0 aliphatic carbocycles. The third kappa shape index (κ3) is 2.74. The molecule has 1 saturated heterocycles. The Morgan fingerprint density at radius 2 is 2.45 bits per heavy atom. The van der Waals surface area contributed by atoms with Gasteiger partial charge in [0.25, 0.3) is 0 Å². The van der Waals surface area contributed by atoms with Gasteiger partial charge in [0.1, 0.15) is 5.82 Å². The number of aryl methyl sites for hydroxylation is 2. The molecule has 0 aromatic carbocycles. The van der Waals surface area contributed by atoms with Crippen molar-refractivity contribution in [1.29, 1.82) is 0 Å². The molecule has 2 aromatic rings. The van der Waals surface area contributed by atoms with Crippen LogP contribution in [0.2, 0.25) is 0 Å². The molecule has 3 rings (SSSR count). The van der Waals surface area contributed by atoms with Crippen molar-refractivity contribution in [3.8, 4) is 0 Å². The highest BCUT2D eigenvalue weighted by Crippen LogP contribution is 2.25. The molecule has 1 aliphatic rings. The summed E-state index contributed by atoms with van der Waals surface area (Å²) >= 11 is 0. The number of imidazole rings is 2. The second-order valence-electron chi connectivity index (χ2n) is 5.33. The maximum atomic E-state index is 12.2. The number of H-pyrrole nitrogens is 1. The minimum absolute atomic E-state index is 0.212. The third-order valence-corrected chi connectivity index (χ3v) is 3.79. The van der Waals surface area contributed by atoms with Crippen molar-refractivity contribution < 1.29 is 4.79 Å². The highest BCUT2D eigenvalue weighted by atomic mass is 16.2. The third-order valence-electron chi connectivity index (χ3n) is 3.79. The maximum absolute atomic E-state index is 12.2. The Morgan fingerprint density at radius 3 is 3.15 bits per heavy atom. The smallest absolute Gasteiger partial charge is 0.224 e. The van der Waals surface area contributed by atoms with Crippen LogP contribution >= 0.6 is 0 Å². The SMILES string of the molecule is Cc1cnc([C@@H]2CCN(C(=O)CCn3ccnc3)C2)[nH]1. The Labute approximate surface area is 117 Å². The summed E-state index contributed by atoms with van der Waals surface area (Å²) in [4.78, 5) is 25.7. The number of amides is 1. The van der Waals surface area contributed by atoms with Crippen molar-refractivity contribution >= 4 is 5.91 Å². The highest BCUT2D eigenvalue weighted by Gasteiger charge is 2.28. The van der Waals surface area contributed by atoms with Crippen LogP contribution in [0.1, 0.15) is 30.3 Å². The van der Waals surface area contributed by atoms with Gasteiger partial charge in [-0.3, -0.25) is 4.79 Å². The molecular weight excluding hydrogens is 254 g/mol. The summed E-state index contributed by atoms with van der Waals surface area (Å²) < 4.78 is 1.93. The summed E-state index contributed by atoms with van der Waals surface area (Å²) in [5.74, 6) is 1.57. The predicted molar refractivity (Wildman–Crippen MR) is 74.1 cm³/mol. The van der Waals surface area contributed by atoms with Crippen molar-refractivity contribution in [2.75, 3.05) is 13.1 Å². The first-order valence-electron chi connectivity index (χ1n) is 6.97. The normalized spacial score (nSPS) is 18.6. The van der Waals surface area contributed by atoms with E-state index >= 15 is 0 Å². The van der Waals surface area contributed by atoms with Crippen LogP contribution in [0.25, 0.3) is 0 Å². The molecule has 3 heterocycles. The van der Waals surface area contributed by atoms with Gasteiger partial charge in [0.15, 0.2) is 0 Å². The molecule has 2 aromatic heterocycles. The lowest BCUT2D eigenvalue weighted by Gasteiger charge is -2.16. The summed E-state index contributed by atoms with van der Waals surface area (Å²) in [5, 5.41) is 0. The zero-order valence-electron chi connectivity index (χ0n) is 11.6. The molecule has 0 unspecified atom stereocenters. The van der Waals surface area contributed by atoms with Gasteiger partial charge in [-0.1, -0.05) is 0 Å². The number of hydrogen-bond donors (Lipinski definition) is 1. The van der Waals surface area contributed by atoms with Gasteiger partial charge in [-0.15, -0.1) is 0 Å². The zero-order valence-corrected chi connectivity index (χ0v) is 11.6. The first kappa shape index (κ1) is 12.9. The van der Waals surface area contributed by atoms with Crippen LogP contribution in [0.15, 0.2) is 24.9 Å². The van der Waals surface area contributed by atoms with E-state index in [2.05, 4.69) is 15.0 Å². The molecule has 1 atom stereocenters. The Balaban J connectivity index is 1.53. The van der Waals surface area contributed by atoms with E-state index < -0.39 is 0 Å². The van der Waals surface area contributed by atoms with Gasteiger partial charge in [0.05, 0.1) is 6.33 Å². The molecule has 6 nitrogen and oxygen atoms in total. The van der Waals surface area contributed by atoms with E-state index in [1.54, 1.807) is 12.5 Å². The summed E-state index contributed by atoms with van der Waals surface area (Å²) in [6.07, 6.45) is 8.72. The van der Waals surface area contributed by atoms with E-state index in [4.69, 9.17) is 0 Å². The molecular formula is C14H19N5O. The molecule has 0 saturated carbocycles. The summed E-state index contributed by atoms with van der Waals surface area (Å²) in [7, 11) is 0. The number of likely N-dealkylation sites (tertiary alicyclic amines) is 1. The summed E-state index contributed by atoms with van der Waals surface area (Å²) in [5.41, 5.74) is 1.07. The fraction of sp³-hybridized carbons (Fsp3) is 0.500. The quantitative estimate of drug-likeness (QED) is 0.913. The van der Waals surface area contributed by atoms with Gasteiger partial charge >= 0.3 is 0 Å². The van der Waals surface area contributed by atoms with Gasteiger partial charge in [0, 0.05) is 56.3 Å². The molecule has 20 heavy (non-hydrogen) atoms. The van der Waals surface area contributed by atoms with Gasteiger partial charge in [-0.05, 0) is 13.3 Å². The van der Waals surface area contributed by atoms with Crippen LogP contribution in [0.3, 0.4) is 0 Å². The lowest BCUT2D eigenvalue weighted by molar-refractivity contribution is -0.130. The van der Waals surface area contributed by atoms with Crippen LogP contribution in [0, 0.1) is 6.92 Å². The number of aromatic nitrogens is 4. The van der Waals surface area contributed by atoms with Crippen molar-refractivity contribution in [1.82, 2.24) is 24.4 Å². The van der Waals surface area contributed by atoms with Crippen LogP contribution in [0.4, 0.5) is 0 Å². The number of rotatable bonds is 4. The maximum Gasteiger partial charge on any atom is 0.224 e. The highest BCUT2D eigenvalue weighted by molar-refractivity contribution is 5.76. The van der Waals surface area contributed by atoms with Crippen molar-refractivity contribution in [3.05, 3.63) is 36.4 Å². The summed E-state index contributed by atoms with van der Waals surface area (Å²) in [6.45, 7) is 4.29. The van der Waals surface area contributed by atoms with Gasteiger partial charge in [-0.25, -0.2) is 9.97 Å². The van der Waals surface area contributed by atoms with Gasteiger partial charge in [-0.2, -0.15) is 0 Å². The minimum atomic E-state index is 0.212. The number of carbonyl (C=O) groups excluding carboxylic acids is 1. The number of nitrogens with one attached hydrogen (secondary N) is 1. The van der Waals surface area contributed by atoms with E-state index in [0.29, 0.717) is 18.9 Å². The average Bonchev–Trinajstić information content (AvgIpc) is 3.16. The fourth-order valence-corrected chi connectivity index (χ4v) is 2.65.